The van der Waals surface area contributed by atoms with E-state index in [4.69, 9.17) is 11.6 Å². The Bertz CT molecular complexity index is 340. The standard InChI is InChI=1S/C7H7ClO2S.C2H6/c1-11(9,10)7-4-2-6(8)3-5-7;1-2/h2-5H,1H3;1-2H3. The number of sulfone groups is 1. The van der Waals surface area contributed by atoms with E-state index in [1.54, 1.807) is 12.1 Å². The average Bonchev–Trinajstić information content (AvgIpc) is 2.07. The second-order valence-electron chi connectivity index (χ2n) is 2.23. The molecule has 2 nitrogen and oxygen atoms in total. The summed E-state index contributed by atoms with van der Waals surface area (Å²) in [6.07, 6.45) is 1.16. The number of rotatable bonds is 1. The molecule has 74 valence electrons. The van der Waals surface area contributed by atoms with Gasteiger partial charge in [-0.2, -0.15) is 0 Å². The zero-order valence-corrected chi connectivity index (χ0v) is 9.48. The molecule has 0 unspecified atom stereocenters. The lowest BCUT2D eigenvalue weighted by Gasteiger charge is -1.95. The molecular formula is C9H13ClO2S. The van der Waals surface area contributed by atoms with Gasteiger partial charge in [0.1, 0.15) is 0 Å². The number of hydrogen-bond acceptors (Lipinski definition) is 2. The Hall–Kier alpha value is -0.540. The Morgan fingerprint density at radius 1 is 1.08 bits per heavy atom. The molecule has 0 aliphatic carbocycles. The molecule has 0 amide bonds. The van der Waals surface area contributed by atoms with Gasteiger partial charge in [0.05, 0.1) is 4.90 Å². The summed E-state index contributed by atoms with van der Waals surface area (Å²) in [4.78, 5) is 0.293. The fourth-order valence-corrected chi connectivity index (χ4v) is 1.44. The zero-order chi connectivity index (χ0) is 10.5. The van der Waals surface area contributed by atoms with Crippen LogP contribution in [0.5, 0.6) is 0 Å². The SMILES string of the molecule is CC.CS(=O)(=O)c1ccc(Cl)cc1. The lowest BCUT2D eigenvalue weighted by molar-refractivity contribution is 0.602. The van der Waals surface area contributed by atoms with Crippen molar-refractivity contribution in [3.8, 4) is 0 Å². The van der Waals surface area contributed by atoms with Crippen LogP contribution < -0.4 is 0 Å². The third-order valence-corrected chi connectivity index (χ3v) is 2.62. The van der Waals surface area contributed by atoms with Gasteiger partial charge >= 0.3 is 0 Å². The van der Waals surface area contributed by atoms with Gasteiger partial charge in [0.15, 0.2) is 9.84 Å². The largest absolute Gasteiger partial charge is 0.224 e. The van der Waals surface area contributed by atoms with Crippen molar-refractivity contribution in [1.82, 2.24) is 0 Å². The van der Waals surface area contributed by atoms with Gasteiger partial charge in [-0.15, -0.1) is 0 Å². The fourth-order valence-electron chi connectivity index (χ4n) is 0.682. The maximum absolute atomic E-state index is 10.9. The van der Waals surface area contributed by atoms with E-state index in [0.717, 1.165) is 6.26 Å². The summed E-state index contributed by atoms with van der Waals surface area (Å²) >= 11 is 5.57. The molecule has 0 fully saturated rings. The van der Waals surface area contributed by atoms with Crippen LogP contribution >= 0.6 is 11.6 Å². The molecule has 0 aromatic heterocycles. The summed E-state index contributed by atoms with van der Waals surface area (Å²) in [6, 6.07) is 6.07. The lowest BCUT2D eigenvalue weighted by atomic mass is 10.4. The first kappa shape index (κ1) is 12.5. The molecule has 1 aromatic rings. The first-order valence-corrected chi connectivity index (χ1v) is 6.23. The minimum atomic E-state index is -3.08. The fraction of sp³-hybridized carbons (Fsp3) is 0.333. The highest BCUT2D eigenvalue weighted by atomic mass is 35.5. The van der Waals surface area contributed by atoms with E-state index in [0.29, 0.717) is 9.92 Å². The zero-order valence-electron chi connectivity index (χ0n) is 7.91. The minimum Gasteiger partial charge on any atom is -0.224 e. The molecule has 0 spiro atoms. The smallest absolute Gasteiger partial charge is 0.175 e. The number of halogens is 1. The Labute approximate surface area is 84.5 Å². The number of hydrogen-bond donors (Lipinski definition) is 0. The van der Waals surface area contributed by atoms with Gasteiger partial charge in [0.25, 0.3) is 0 Å². The van der Waals surface area contributed by atoms with Crippen molar-refractivity contribution >= 4 is 21.4 Å². The summed E-state index contributed by atoms with van der Waals surface area (Å²) in [5.74, 6) is 0. The first-order chi connectivity index (χ1) is 6.00. The Morgan fingerprint density at radius 2 is 1.46 bits per heavy atom. The van der Waals surface area contributed by atoms with Crippen LogP contribution in [0.3, 0.4) is 0 Å². The highest BCUT2D eigenvalue weighted by Gasteiger charge is 2.04. The second kappa shape index (κ2) is 5.25. The van der Waals surface area contributed by atoms with Crippen LogP contribution in [0.4, 0.5) is 0 Å². The van der Waals surface area contributed by atoms with E-state index in [1.807, 2.05) is 13.8 Å². The molecule has 0 aliphatic heterocycles. The summed E-state index contributed by atoms with van der Waals surface area (Å²) in [5, 5.41) is 0.539. The van der Waals surface area contributed by atoms with Crippen molar-refractivity contribution in [3.63, 3.8) is 0 Å². The van der Waals surface area contributed by atoms with Crippen LogP contribution in [-0.2, 0) is 9.84 Å². The highest BCUT2D eigenvalue weighted by Crippen LogP contribution is 2.13. The van der Waals surface area contributed by atoms with Crippen LogP contribution in [0.1, 0.15) is 13.8 Å². The van der Waals surface area contributed by atoms with Crippen LogP contribution in [0.25, 0.3) is 0 Å². The predicted molar refractivity (Wildman–Crippen MR) is 55.9 cm³/mol. The molecular weight excluding hydrogens is 208 g/mol. The van der Waals surface area contributed by atoms with Crippen molar-refractivity contribution < 1.29 is 8.42 Å². The van der Waals surface area contributed by atoms with Crippen LogP contribution in [0, 0.1) is 0 Å². The second-order valence-corrected chi connectivity index (χ2v) is 4.68. The molecule has 0 heterocycles. The normalized spacial score (nSPS) is 10.2. The average molecular weight is 221 g/mol. The number of benzene rings is 1. The Kier molecular flexibility index (Phi) is 5.03. The summed E-state index contributed by atoms with van der Waals surface area (Å²) in [6.45, 7) is 4.00. The van der Waals surface area contributed by atoms with Gasteiger partial charge in [0, 0.05) is 11.3 Å². The molecule has 1 aromatic carbocycles. The molecule has 0 N–H and O–H groups in total. The molecule has 0 radical (unpaired) electrons. The molecule has 4 heteroatoms. The van der Waals surface area contributed by atoms with Gasteiger partial charge in [-0.1, -0.05) is 25.4 Å². The summed E-state index contributed by atoms with van der Waals surface area (Å²) in [5.41, 5.74) is 0. The van der Waals surface area contributed by atoms with Crippen LogP contribution in [0.15, 0.2) is 29.2 Å². The summed E-state index contributed by atoms with van der Waals surface area (Å²) < 4.78 is 21.8. The van der Waals surface area contributed by atoms with Crippen LogP contribution in [-0.4, -0.2) is 14.7 Å². The van der Waals surface area contributed by atoms with Gasteiger partial charge in [0.2, 0.25) is 0 Å². The van der Waals surface area contributed by atoms with E-state index < -0.39 is 9.84 Å². The van der Waals surface area contributed by atoms with E-state index in [-0.39, 0.29) is 0 Å². The van der Waals surface area contributed by atoms with Crippen molar-refractivity contribution in [1.29, 1.82) is 0 Å². The maximum Gasteiger partial charge on any atom is 0.175 e. The third-order valence-electron chi connectivity index (χ3n) is 1.24. The van der Waals surface area contributed by atoms with Crippen molar-refractivity contribution in [3.05, 3.63) is 29.3 Å². The van der Waals surface area contributed by atoms with E-state index in [2.05, 4.69) is 0 Å². The quantitative estimate of drug-likeness (QED) is 0.730. The molecule has 1 rings (SSSR count). The summed E-state index contributed by atoms with van der Waals surface area (Å²) in [7, 11) is -3.08. The van der Waals surface area contributed by atoms with E-state index in [1.165, 1.54) is 12.1 Å². The van der Waals surface area contributed by atoms with E-state index >= 15 is 0 Å². The predicted octanol–water partition coefficient (Wildman–Crippen LogP) is 2.77. The minimum absolute atomic E-state index is 0.293. The first-order valence-electron chi connectivity index (χ1n) is 3.96. The van der Waals surface area contributed by atoms with Crippen molar-refractivity contribution in [2.45, 2.75) is 18.7 Å². The Morgan fingerprint density at radius 3 is 1.77 bits per heavy atom. The van der Waals surface area contributed by atoms with Crippen LogP contribution in [0.2, 0.25) is 5.02 Å². The monoisotopic (exact) mass is 220 g/mol. The lowest BCUT2D eigenvalue weighted by Crippen LogP contribution is -1.95. The van der Waals surface area contributed by atoms with E-state index in [9.17, 15) is 8.42 Å². The van der Waals surface area contributed by atoms with Crippen molar-refractivity contribution in [2.24, 2.45) is 0 Å². The van der Waals surface area contributed by atoms with Gasteiger partial charge < -0.3 is 0 Å². The molecule has 13 heavy (non-hydrogen) atoms. The molecule has 0 bridgehead atoms. The molecule has 0 saturated carbocycles. The molecule has 0 saturated heterocycles. The van der Waals surface area contributed by atoms with Gasteiger partial charge in [-0.25, -0.2) is 8.42 Å². The van der Waals surface area contributed by atoms with Gasteiger partial charge in [-0.05, 0) is 24.3 Å². The Balaban J connectivity index is 0.000000671. The van der Waals surface area contributed by atoms with Crippen molar-refractivity contribution in [2.75, 3.05) is 6.26 Å². The molecule has 0 atom stereocenters. The highest BCUT2D eigenvalue weighted by molar-refractivity contribution is 7.90. The third kappa shape index (κ3) is 4.29. The topological polar surface area (TPSA) is 34.1 Å². The molecule has 0 aliphatic rings. The van der Waals surface area contributed by atoms with Gasteiger partial charge in [-0.3, -0.25) is 0 Å². The maximum atomic E-state index is 10.9.